The molecule has 1 atom stereocenters. The van der Waals surface area contributed by atoms with E-state index in [4.69, 9.17) is 28.3 Å². The van der Waals surface area contributed by atoms with E-state index in [9.17, 15) is 4.79 Å². The summed E-state index contributed by atoms with van der Waals surface area (Å²) in [6, 6.07) is 5.11. The number of rotatable bonds is 6. The molecule has 0 bridgehead atoms. The van der Waals surface area contributed by atoms with Crippen molar-refractivity contribution in [3.63, 3.8) is 0 Å². The maximum atomic E-state index is 11.7. The van der Waals surface area contributed by atoms with Crippen LogP contribution in [0.1, 0.15) is 13.3 Å². The van der Waals surface area contributed by atoms with Crippen molar-refractivity contribution in [2.75, 3.05) is 18.5 Å². The fourth-order valence-corrected chi connectivity index (χ4v) is 1.79. The van der Waals surface area contributed by atoms with Crippen molar-refractivity contribution in [3.8, 4) is 0 Å². The Balaban J connectivity index is 2.52. The van der Waals surface area contributed by atoms with Gasteiger partial charge >= 0.3 is 0 Å². The van der Waals surface area contributed by atoms with Crippen molar-refractivity contribution < 1.29 is 15.2 Å². The highest BCUT2D eigenvalue weighted by molar-refractivity contribution is 6.43. The molecule has 4 nitrogen and oxygen atoms in total. The van der Waals surface area contributed by atoms with E-state index in [1.165, 1.54) is 0 Å². The molecule has 0 aliphatic rings. The Kier molecular flexibility index (Phi) is 6.43. The largest absolute Gasteiger partial charge is 0.390 e. The van der Waals surface area contributed by atoms with Gasteiger partial charge < -0.3 is 15.7 Å². The summed E-state index contributed by atoms with van der Waals surface area (Å²) >= 11 is 11.8. The summed E-state index contributed by atoms with van der Waals surface area (Å²) in [5.74, 6) is -0.175. The van der Waals surface area contributed by atoms with Crippen molar-refractivity contribution in [1.29, 1.82) is 0 Å². The van der Waals surface area contributed by atoms with E-state index in [0.717, 1.165) is 6.42 Å². The molecule has 0 aromatic heterocycles. The molecule has 18 heavy (non-hydrogen) atoms. The second-order valence-corrected chi connectivity index (χ2v) is 4.73. The van der Waals surface area contributed by atoms with Gasteiger partial charge in [-0.05, 0) is 18.6 Å². The van der Waals surface area contributed by atoms with Gasteiger partial charge in [0, 0.05) is 0 Å². The van der Waals surface area contributed by atoms with Crippen LogP contribution in [0.15, 0.2) is 18.2 Å². The van der Waals surface area contributed by atoms with Gasteiger partial charge in [-0.1, -0.05) is 36.2 Å². The van der Waals surface area contributed by atoms with E-state index in [1.54, 1.807) is 23.5 Å². The molecule has 6 heteroatoms. The third kappa shape index (κ3) is 4.46. The molecule has 0 unspecified atom stereocenters. The number of nitrogens with two attached hydrogens (primary N) is 1. The van der Waals surface area contributed by atoms with Crippen molar-refractivity contribution in [2.45, 2.75) is 19.4 Å². The second-order valence-electron chi connectivity index (χ2n) is 3.94. The fourth-order valence-electron chi connectivity index (χ4n) is 1.45. The number of anilines is 1. The average Bonchev–Trinajstić information content (AvgIpc) is 2.36. The summed E-state index contributed by atoms with van der Waals surface area (Å²) in [7, 11) is 0. The second kappa shape index (κ2) is 7.59. The molecule has 0 saturated heterocycles. The first-order chi connectivity index (χ1) is 8.58. The molecule has 0 aliphatic carbocycles. The Morgan fingerprint density at radius 1 is 1.50 bits per heavy atom. The first kappa shape index (κ1) is 15.2. The first-order valence-electron chi connectivity index (χ1n) is 5.76. The predicted molar refractivity (Wildman–Crippen MR) is 73.0 cm³/mol. The number of aliphatic hydroxyl groups is 1. The number of quaternary nitrogens is 1. The minimum Gasteiger partial charge on any atom is -0.390 e. The highest BCUT2D eigenvalue weighted by atomic mass is 35.5. The standard InChI is InChI=1S/C12H16Cl2N2O2/c1-2-8(7-17)15-6-11(18)16-10-5-3-4-9(13)12(10)14/h3-5,8,15,17H,2,6-7H2,1H3,(H,16,18)/p+1/t8-/m1/s1. The van der Waals surface area contributed by atoms with Gasteiger partial charge in [0.1, 0.15) is 6.04 Å². The summed E-state index contributed by atoms with van der Waals surface area (Å²) in [6.07, 6.45) is 0.807. The Morgan fingerprint density at radius 3 is 2.83 bits per heavy atom. The molecule has 1 aromatic rings. The van der Waals surface area contributed by atoms with Gasteiger partial charge in [-0.25, -0.2) is 0 Å². The molecule has 0 aliphatic heterocycles. The maximum Gasteiger partial charge on any atom is 0.279 e. The average molecular weight is 292 g/mol. The van der Waals surface area contributed by atoms with Crippen LogP contribution in [0.2, 0.25) is 10.0 Å². The van der Waals surface area contributed by atoms with Gasteiger partial charge in [0.2, 0.25) is 0 Å². The lowest BCUT2D eigenvalue weighted by Crippen LogP contribution is -2.92. The summed E-state index contributed by atoms with van der Waals surface area (Å²) in [5, 5.41) is 14.2. The summed E-state index contributed by atoms with van der Waals surface area (Å²) in [5.41, 5.74) is 0.500. The first-order valence-corrected chi connectivity index (χ1v) is 6.52. The number of benzene rings is 1. The quantitative estimate of drug-likeness (QED) is 0.739. The van der Waals surface area contributed by atoms with Gasteiger partial charge in [-0.2, -0.15) is 0 Å². The minimum atomic E-state index is -0.175. The minimum absolute atomic E-state index is 0.0468. The lowest BCUT2D eigenvalue weighted by molar-refractivity contribution is -0.680. The smallest absolute Gasteiger partial charge is 0.279 e. The molecule has 0 heterocycles. The van der Waals surface area contributed by atoms with Crippen LogP contribution in [0.5, 0.6) is 0 Å². The molecule has 1 amide bonds. The SMILES string of the molecule is CC[C@H](CO)[NH2+]CC(=O)Nc1cccc(Cl)c1Cl. The predicted octanol–water partition coefficient (Wildman–Crippen LogP) is 1.27. The number of aliphatic hydroxyl groups excluding tert-OH is 1. The van der Waals surface area contributed by atoms with E-state index >= 15 is 0 Å². The normalized spacial score (nSPS) is 12.2. The maximum absolute atomic E-state index is 11.7. The lowest BCUT2D eigenvalue weighted by Gasteiger charge is -2.11. The zero-order chi connectivity index (χ0) is 13.5. The highest BCUT2D eigenvalue weighted by Crippen LogP contribution is 2.29. The molecule has 1 rings (SSSR count). The monoisotopic (exact) mass is 291 g/mol. The van der Waals surface area contributed by atoms with E-state index in [1.807, 2.05) is 6.92 Å². The van der Waals surface area contributed by atoms with Crippen LogP contribution in [0, 0.1) is 0 Å². The number of hydrogen-bond acceptors (Lipinski definition) is 2. The van der Waals surface area contributed by atoms with Crippen LogP contribution >= 0.6 is 23.2 Å². The van der Waals surface area contributed by atoms with Crippen molar-refractivity contribution in [2.24, 2.45) is 0 Å². The molecular formula is C12H17Cl2N2O2+. The lowest BCUT2D eigenvalue weighted by atomic mass is 10.2. The highest BCUT2D eigenvalue weighted by Gasteiger charge is 2.12. The van der Waals surface area contributed by atoms with Crippen molar-refractivity contribution in [1.82, 2.24) is 0 Å². The fraction of sp³-hybridized carbons (Fsp3) is 0.417. The topological polar surface area (TPSA) is 65.9 Å². The van der Waals surface area contributed by atoms with E-state index in [-0.39, 0.29) is 25.1 Å². The summed E-state index contributed by atoms with van der Waals surface area (Å²) in [4.78, 5) is 11.7. The third-order valence-corrected chi connectivity index (χ3v) is 3.44. The molecule has 4 N–H and O–H groups in total. The zero-order valence-corrected chi connectivity index (χ0v) is 11.6. The Labute approximate surface area is 116 Å². The Morgan fingerprint density at radius 2 is 2.22 bits per heavy atom. The molecule has 0 spiro atoms. The number of hydrogen-bond donors (Lipinski definition) is 3. The van der Waals surface area contributed by atoms with Crippen LogP contribution in [0.3, 0.4) is 0 Å². The number of nitrogens with one attached hydrogen (secondary N) is 1. The number of carbonyl (C=O) groups excluding carboxylic acids is 1. The van der Waals surface area contributed by atoms with Gasteiger partial charge in [0.25, 0.3) is 5.91 Å². The van der Waals surface area contributed by atoms with Gasteiger partial charge in [-0.3, -0.25) is 4.79 Å². The van der Waals surface area contributed by atoms with E-state index in [2.05, 4.69) is 5.32 Å². The van der Waals surface area contributed by atoms with E-state index in [0.29, 0.717) is 15.7 Å². The molecule has 0 fully saturated rings. The molecule has 0 radical (unpaired) electrons. The Hall–Kier alpha value is -0.810. The van der Waals surface area contributed by atoms with Gasteiger partial charge in [0.05, 0.1) is 22.3 Å². The van der Waals surface area contributed by atoms with Crippen LogP contribution in [0.4, 0.5) is 5.69 Å². The van der Waals surface area contributed by atoms with Crippen LogP contribution in [0.25, 0.3) is 0 Å². The number of amides is 1. The van der Waals surface area contributed by atoms with Gasteiger partial charge in [0.15, 0.2) is 6.54 Å². The van der Waals surface area contributed by atoms with Crippen molar-refractivity contribution in [3.05, 3.63) is 28.2 Å². The molecule has 1 aromatic carbocycles. The van der Waals surface area contributed by atoms with Gasteiger partial charge in [-0.15, -0.1) is 0 Å². The summed E-state index contributed by atoms with van der Waals surface area (Å²) < 4.78 is 0. The van der Waals surface area contributed by atoms with Crippen LogP contribution < -0.4 is 10.6 Å². The van der Waals surface area contributed by atoms with Crippen LogP contribution in [-0.2, 0) is 4.79 Å². The van der Waals surface area contributed by atoms with E-state index < -0.39 is 0 Å². The number of halogens is 2. The third-order valence-electron chi connectivity index (χ3n) is 2.62. The van der Waals surface area contributed by atoms with Crippen LogP contribution in [-0.4, -0.2) is 30.2 Å². The Bertz CT molecular complexity index is 409. The number of carbonyl (C=O) groups is 1. The molecule has 100 valence electrons. The van der Waals surface area contributed by atoms with Crippen molar-refractivity contribution >= 4 is 34.8 Å². The summed E-state index contributed by atoms with van der Waals surface area (Å²) in [6.45, 7) is 2.26. The molecular weight excluding hydrogens is 275 g/mol. The molecule has 0 saturated carbocycles. The zero-order valence-electron chi connectivity index (χ0n) is 10.1.